The Kier molecular flexibility index (Phi) is 6.40. The van der Waals surface area contributed by atoms with Crippen LogP contribution in [0.15, 0.2) is 23.1 Å². The Morgan fingerprint density at radius 1 is 1.21 bits per heavy atom. The van der Waals surface area contributed by atoms with Gasteiger partial charge in [0.2, 0.25) is 10.0 Å². The Labute approximate surface area is 129 Å². The third-order valence-corrected chi connectivity index (χ3v) is 4.92. The summed E-state index contributed by atoms with van der Waals surface area (Å²) < 4.78 is 26.5. The van der Waals surface area contributed by atoms with Crippen LogP contribution in [0.1, 0.15) is 20.3 Å². The third kappa shape index (κ3) is 5.48. The van der Waals surface area contributed by atoms with Gasteiger partial charge in [-0.3, -0.25) is 0 Å². The molecule has 0 fully saturated rings. The normalized spacial score (nSPS) is 13.8. The number of hydrogen-bond acceptors (Lipinski definition) is 2. The van der Waals surface area contributed by atoms with Crippen LogP contribution in [0, 0.1) is 5.92 Å². The van der Waals surface area contributed by atoms with Crippen molar-refractivity contribution in [3.05, 3.63) is 28.2 Å². The fourth-order valence-electron chi connectivity index (χ4n) is 1.52. The summed E-state index contributed by atoms with van der Waals surface area (Å²) in [5, 5.41) is 0.280. The van der Waals surface area contributed by atoms with Gasteiger partial charge in [0.1, 0.15) is 0 Å². The minimum Gasteiger partial charge on any atom is -0.210 e. The number of hydrogen-bond donors (Lipinski definition) is 1. The van der Waals surface area contributed by atoms with Gasteiger partial charge in [-0.2, -0.15) is 0 Å². The summed E-state index contributed by atoms with van der Waals surface area (Å²) in [6.45, 7) is 4.24. The maximum Gasteiger partial charge on any atom is 0.240 e. The predicted molar refractivity (Wildman–Crippen MR) is 80.7 cm³/mol. The molecule has 0 radical (unpaired) electrons. The van der Waals surface area contributed by atoms with Crippen LogP contribution in [0.5, 0.6) is 0 Å². The van der Waals surface area contributed by atoms with Gasteiger partial charge in [0.15, 0.2) is 0 Å². The monoisotopic (exact) mass is 343 g/mol. The minimum absolute atomic E-state index is 0.0790. The largest absolute Gasteiger partial charge is 0.240 e. The van der Waals surface area contributed by atoms with E-state index < -0.39 is 10.0 Å². The van der Waals surface area contributed by atoms with Crippen molar-refractivity contribution in [2.24, 2.45) is 5.92 Å². The maximum absolute atomic E-state index is 12.0. The molecule has 1 atom stereocenters. The van der Waals surface area contributed by atoms with Crippen molar-refractivity contribution < 1.29 is 8.42 Å². The molecular weight excluding hydrogens is 329 g/mol. The van der Waals surface area contributed by atoms with Gasteiger partial charge in [-0.05, 0) is 30.5 Å². The van der Waals surface area contributed by atoms with Gasteiger partial charge in [0.25, 0.3) is 0 Å². The van der Waals surface area contributed by atoms with Gasteiger partial charge in [-0.15, -0.1) is 11.6 Å². The van der Waals surface area contributed by atoms with Crippen molar-refractivity contribution in [1.82, 2.24) is 4.72 Å². The first-order valence-corrected chi connectivity index (χ1v) is 8.48. The van der Waals surface area contributed by atoms with E-state index in [2.05, 4.69) is 4.72 Å². The van der Waals surface area contributed by atoms with E-state index in [0.29, 0.717) is 10.9 Å². The highest BCUT2D eigenvalue weighted by atomic mass is 35.5. The molecule has 0 aliphatic heterocycles. The summed E-state index contributed by atoms with van der Waals surface area (Å²) in [4.78, 5) is 0.0790. The molecule has 0 bridgehead atoms. The maximum atomic E-state index is 12.0. The highest BCUT2D eigenvalue weighted by Crippen LogP contribution is 2.24. The van der Waals surface area contributed by atoms with E-state index in [0.717, 1.165) is 6.42 Å². The average molecular weight is 345 g/mol. The van der Waals surface area contributed by atoms with Crippen LogP contribution in [0.3, 0.4) is 0 Å². The standard InChI is InChI=1S/C12H16Cl3NO2S/c1-8(2)5-9(13)7-16-19(17,18)10-3-4-11(14)12(15)6-10/h3-4,6,8-9,16H,5,7H2,1-2H3. The molecule has 0 saturated carbocycles. The van der Waals surface area contributed by atoms with Gasteiger partial charge in [-0.25, -0.2) is 13.1 Å². The summed E-state index contributed by atoms with van der Waals surface area (Å²) in [7, 11) is -3.61. The van der Waals surface area contributed by atoms with Crippen molar-refractivity contribution in [3.63, 3.8) is 0 Å². The summed E-state index contributed by atoms with van der Waals surface area (Å²) in [5.41, 5.74) is 0. The van der Waals surface area contributed by atoms with Crippen LogP contribution in [-0.4, -0.2) is 20.3 Å². The summed E-state index contributed by atoms with van der Waals surface area (Å²) in [6.07, 6.45) is 0.742. The van der Waals surface area contributed by atoms with Crippen LogP contribution in [0.4, 0.5) is 0 Å². The fourth-order valence-corrected chi connectivity index (χ4v) is 3.52. The lowest BCUT2D eigenvalue weighted by molar-refractivity contribution is 0.544. The van der Waals surface area contributed by atoms with Crippen molar-refractivity contribution >= 4 is 44.8 Å². The molecule has 0 aromatic heterocycles. The average Bonchev–Trinajstić information content (AvgIpc) is 2.29. The fraction of sp³-hybridized carbons (Fsp3) is 0.500. The van der Waals surface area contributed by atoms with E-state index in [4.69, 9.17) is 34.8 Å². The first-order chi connectivity index (χ1) is 8.72. The highest BCUT2D eigenvalue weighted by Gasteiger charge is 2.17. The number of alkyl halides is 1. The van der Waals surface area contributed by atoms with E-state index >= 15 is 0 Å². The SMILES string of the molecule is CC(C)CC(Cl)CNS(=O)(=O)c1ccc(Cl)c(Cl)c1. The molecule has 0 aliphatic rings. The van der Waals surface area contributed by atoms with Gasteiger partial charge < -0.3 is 0 Å². The second-order valence-electron chi connectivity index (χ2n) is 4.65. The van der Waals surface area contributed by atoms with E-state index in [1.807, 2.05) is 13.8 Å². The molecule has 0 spiro atoms. The molecule has 3 nitrogen and oxygen atoms in total. The highest BCUT2D eigenvalue weighted by molar-refractivity contribution is 7.89. The van der Waals surface area contributed by atoms with E-state index in [-0.39, 0.29) is 21.8 Å². The third-order valence-electron chi connectivity index (χ3n) is 2.42. The number of nitrogens with one attached hydrogen (secondary N) is 1. The molecule has 19 heavy (non-hydrogen) atoms. The van der Waals surface area contributed by atoms with Crippen molar-refractivity contribution in [3.8, 4) is 0 Å². The van der Waals surface area contributed by atoms with Crippen LogP contribution >= 0.6 is 34.8 Å². The molecule has 0 heterocycles. The molecular formula is C12H16Cl3NO2S. The number of halogens is 3. The first-order valence-electron chi connectivity index (χ1n) is 5.81. The number of benzene rings is 1. The van der Waals surface area contributed by atoms with Crippen LogP contribution < -0.4 is 4.72 Å². The Morgan fingerprint density at radius 3 is 2.37 bits per heavy atom. The minimum atomic E-state index is -3.61. The molecule has 1 aromatic rings. The Hall–Kier alpha value is -0.000000000000000111. The molecule has 1 aromatic carbocycles. The van der Waals surface area contributed by atoms with Crippen LogP contribution in [0.2, 0.25) is 10.0 Å². The number of rotatable bonds is 6. The topological polar surface area (TPSA) is 46.2 Å². The van der Waals surface area contributed by atoms with Crippen LogP contribution in [0.25, 0.3) is 0 Å². The van der Waals surface area contributed by atoms with Crippen molar-refractivity contribution in [2.75, 3.05) is 6.54 Å². The smallest absolute Gasteiger partial charge is 0.210 e. The Morgan fingerprint density at radius 2 is 1.84 bits per heavy atom. The summed E-state index contributed by atoms with van der Waals surface area (Å²) in [5.74, 6) is 0.414. The summed E-state index contributed by atoms with van der Waals surface area (Å²) >= 11 is 17.6. The zero-order valence-electron chi connectivity index (χ0n) is 10.7. The number of sulfonamides is 1. The molecule has 108 valence electrons. The predicted octanol–water partition coefficient (Wildman–Crippen LogP) is 3.93. The molecule has 1 rings (SSSR count). The van der Waals surface area contributed by atoms with E-state index in [9.17, 15) is 8.42 Å². The molecule has 0 saturated heterocycles. The van der Waals surface area contributed by atoms with Gasteiger partial charge in [0, 0.05) is 11.9 Å². The van der Waals surface area contributed by atoms with Gasteiger partial charge in [0.05, 0.1) is 14.9 Å². The van der Waals surface area contributed by atoms with E-state index in [1.165, 1.54) is 18.2 Å². The first kappa shape index (κ1) is 17.1. The second kappa shape index (κ2) is 7.14. The second-order valence-corrected chi connectivity index (χ2v) is 7.85. The summed E-state index contributed by atoms with van der Waals surface area (Å²) in [6, 6.07) is 4.17. The molecule has 0 aliphatic carbocycles. The van der Waals surface area contributed by atoms with Gasteiger partial charge >= 0.3 is 0 Å². The Bertz CT molecular complexity index is 532. The van der Waals surface area contributed by atoms with Crippen LogP contribution in [-0.2, 0) is 10.0 Å². The lowest BCUT2D eigenvalue weighted by Crippen LogP contribution is -2.30. The molecule has 1 unspecified atom stereocenters. The molecule has 0 amide bonds. The molecule has 1 N–H and O–H groups in total. The molecule has 7 heteroatoms. The zero-order chi connectivity index (χ0) is 14.6. The quantitative estimate of drug-likeness (QED) is 0.795. The zero-order valence-corrected chi connectivity index (χ0v) is 13.7. The van der Waals surface area contributed by atoms with Gasteiger partial charge in [-0.1, -0.05) is 37.0 Å². The van der Waals surface area contributed by atoms with E-state index in [1.54, 1.807) is 0 Å². The van der Waals surface area contributed by atoms with Crippen molar-refractivity contribution in [1.29, 1.82) is 0 Å². The lowest BCUT2D eigenvalue weighted by Gasteiger charge is -2.13. The lowest BCUT2D eigenvalue weighted by atomic mass is 10.1. The van der Waals surface area contributed by atoms with Crippen molar-refractivity contribution in [2.45, 2.75) is 30.5 Å². The Balaban J connectivity index is 2.73.